The maximum atomic E-state index is 5.90. The SMILES string of the molecule is CCCNCC(OCCC)c1ccc(C)cc1. The maximum Gasteiger partial charge on any atom is 0.0949 e. The lowest BCUT2D eigenvalue weighted by molar-refractivity contribution is 0.0531. The number of rotatable bonds is 8. The van der Waals surface area contributed by atoms with Crippen LogP contribution in [0.3, 0.4) is 0 Å². The molecule has 1 atom stereocenters. The molecule has 1 unspecified atom stereocenters. The Morgan fingerprint density at radius 1 is 1.12 bits per heavy atom. The molecule has 2 nitrogen and oxygen atoms in total. The van der Waals surface area contributed by atoms with Crippen molar-refractivity contribution >= 4 is 0 Å². The van der Waals surface area contributed by atoms with E-state index >= 15 is 0 Å². The average molecular weight is 235 g/mol. The average Bonchev–Trinajstić information content (AvgIpc) is 2.35. The number of hydrogen-bond donors (Lipinski definition) is 1. The monoisotopic (exact) mass is 235 g/mol. The van der Waals surface area contributed by atoms with Gasteiger partial charge in [-0.2, -0.15) is 0 Å². The molecular formula is C15H25NO. The molecule has 0 radical (unpaired) electrons. The van der Waals surface area contributed by atoms with Crippen LogP contribution in [0.2, 0.25) is 0 Å². The lowest BCUT2D eigenvalue weighted by Crippen LogP contribution is -2.24. The zero-order valence-corrected chi connectivity index (χ0v) is 11.3. The minimum absolute atomic E-state index is 0.182. The van der Waals surface area contributed by atoms with E-state index in [2.05, 4.69) is 50.4 Å². The highest BCUT2D eigenvalue weighted by Gasteiger charge is 2.10. The first-order valence-corrected chi connectivity index (χ1v) is 6.66. The summed E-state index contributed by atoms with van der Waals surface area (Å²) in [6, 6.07) is 8.64. The first-order valence-electron chi connectivity index (χ1n) is 6.66. The number of aryl methyl sites for hydroxylation is 1. The van der Waals surface area contributed by atoms with Crippen molar-refractivity contribution in [3.8, 4) is 0 Å². The van der Waals surface area contributed by atoms with Crippen LogP contribution in [0.4, 0.5) is 0 Å². The second kappa shape index (κ2) is 8.26. The van der Waals surface area contributed by atoms with Gasteiger partial charge in [0.15, 0.2) is 0 Å². The molecule has 1 N–H and O–H groups in total. The van der Waals surface area contributed by atoms with Gasteiger partial charge in [-0.05, 0) is 31.9 Å². The van der Waals surface area contributed by atoms with Crippen LogP contribution in [-0.4, -0.2) is 19.7 Å². The lowest BCUT2D eigenvalue weighted by Gasteiger charge is -2.19. The summed E-state index contributed by atoms with van der Waals surface area (Å²) in [6.07, 6.45) is 2.41. The van der Waals surface area contributed by atoms with E-state index < -0.39 is 0 Å². The molecule has 0 fully saturated rings. The molecule has 0 aromatic heterocycles. The van der Waals surface area contributed by atoms with Crippen LogP contribution in [-0.2, 0) is 4.74 Å². The molecule has 0 aliphatic carbocycles. The molecule has 0 heterocycles. The van der Waals surface area contributed by atoms with Crippen LogP contribution in [0, 0.1) is 6.92 Å². The highest BCUT2D eigenvalue weighted by Crippen LogP contribution is 2.17. The van der Waals surface area contributed by atoms with E-state index in [-0.39, 0.29) is 6.10 Å². The maximum absolute atomic E-state index is 5.90. The number of nitrogens with one attached hydrogen (secondary N) is 1. The summed E-state index contributed by atoms with van der Waals surface area (Å²) in [6.45, 7) is 9.22. The molecule has 0 aliphatic heterocycles. The minimum atomic E-state index is 0.182. The predicted octanol–water partition coefficient (Wildman–Crippen LogP) is 3.46. The zero-order valence-electron chi connectivity index (χ0n) is 11.3. The molecular weight excluding hydrogens is 210 g/mol. The lowest BCUT2D eigenvalue weighted by atomic mass is 10.1. The smallest absolute Gasteiger partial charge is 0.0949 e. The molecule has 0 bridgehead atoms. The molecule has 17 heavy (non-hydrogen) atoms. The Balaban J connectivity index is 2.57. The van der Waals surface area contributed by atoms with Crippen molar-refractivity contribution in [1.29, 1.82) is 0 Å². The molecule has 1 rings (SSSR count). The van der Waals surface area contributed by atoms with E-state index in [0.717, 1.165) is 32.5 Å². The Hall–Kier alpha value is -0.860. The molecule has 0 amide bonds. The quantitative estimate of drug-likeness (QED) is 0.697. The van der Waals surface area contributed by atoms with Crippen molar-refractivity contribution in [3.05, 3.63) is 35.4 Å². The van der Waals surface area contributed by atoms with Crippen LogP contribution >= 0.6 is 0 Å². The van der Waals surface area contributed by atoms with Crippen molar-refractivity contribution in [3.63, 3.8) is 0 Å². The minimum Gasteiger partial charge on any atom is -0.372 e. The van der Waals surface area contributed by atoms with Gasteiger partial charge in [0.1, 0.15) is 0 Å². The summed E-state index contributed by atoms with van der Waals surface area (Å²) in [7, 11) is 0. The highest BCUT2D eigenvalue weighted by atomic mass is 16.5. The van der Waals surface area contributed by atoms with Crippen LogP contribution in [0.5, 0.6) is 0 Å². The van der Waals surface area contributed by atoms with Crippen LogP contribution < -0.4 is 5.32 Å². The van der Waals surface area contributed by atoms with Gasteiger partial charge < -0.3 is 10.1 Å². The first-order chi connectivity index (χ1) is 8.27. The second-order valence-electron chi connectivity index (χ2n) is 4.47. The van der Waals surface area contributed by atoms with Gasteiger partial charge in [0.05, 0.1) is 6.10 Å². The summed E-state index contributed by atoms with van der Waals surface area (Å²) in [4.78, 5) is 0. The topological polar surface area (TPSA) is 21.3 Å². The molecule has 1 aromatic carbocycles. The largest absolute Gasteiger partial charge is 0.372 e. The predicted molar refractivity (Wildman–Crippen MR) is 73.3 cm³/mol. The summed E-state index contributed by atoms with van der Waals surface area (Å²) in [5.41, 5.74) is 2.57. The standard InChI is InChI=1S/C15H25NO/c1-4-10-16-12-15(17-11-5-2)14-8-6-13(3)7-9-14/h6-9,15-16H,4-5,10-12H2,1-3H3. The van der Waals surface area contributed by atoms with E-state index in [0.29, 0.717) is 0 Å². The van der Waals surface area contributed by atoms with Crippen LogP contribution in [0.25, 0.3) is 0 Å². The van der Waals surface area contributed by atoms with Gasteiger partial charge in [0.25, 0.3) is 0 Å². The number of hydrogen-bond acceptors (Lipinski definition) is 2. The van der Waals surface area contributed by atoms with Gasteiger partial charge in [-0.15, -0.1) is 0 Å². The molecule has 0 saturated carbocycles. The van der Waals surface area contributed by atoms with Gasteiger partial charge in [0.2, 0.25) is 0 Å². The third-order valence-corrected chi connectivity index (χ3v) is 2.73. The summed E-state index contributed by atoms with van der Waals surface area (Å²) in [5, 5.41) is 3.43. The number of ether oxygens (including phenoxy) is 1. The van der Waals surface area contributed by atoms with Gasteiger partial charge in [-0.3, -0.25) is 0 Å². The molecule has 1 aromatic rings. The fraction of sp³-hybridized carbons (Fsp3) is 0.600. The molecule has 2 heteroatoms. The third kappa shape index (κ3) is 5.33. The van der Waals surface area contributed by atoms with Crippen molar-refractivity contribution < 1.29 is 4.74 Å². The van der Waals surface area contributed by atoms with Gasteiger partial charge >= 0.3 is 0 Å². The first kappa shape index (κ1) is 14.2. The van der Waals surface area contributed by atoms with E-state index in [4.69, 9.17) is 4.74 Å². The van der Waals surface area contributed by atoms with Crippen molar-refractivity contribution in [1.82, 2.24) is 5.32 Å². The molecule has 0 aliphatic rings. The van der Waals surface area contributed by atoms with E-state index in [1.165, 1.54) is 11.1 Å². The van der Waals surface area contributed by atoms with Gasteiger partial charge in [-0.25, -0.2) is 0 Å². The Labute approximate surface area is 105 Å². The summed E-state index contributed by atoms with van der Waals surface area (Å²) in [5.74, 6) is 0. The summed E-state index contributed by atoms with van der Waals surface area (Å²) >= 11 is 0. The summed E-state index contributed by atoms with van der Waals surface area (Å²) < 4.78 is 5.90. The van der Waals surface area contributed by atoms with E-state index in [1.807, 2.05) is 0 Å². The Morgan fingerprint density at radius 2 is 1.82 bits per heavy atom. The van der Waals surface area contributed by atoms with Crippen LogP contribution in [0.1, 0.15) is 43.9 Å². The fourth-order valence-corrected chi connectivity index (χ4v) is 1.72. The van der Waals surface area contributed by atoms with Crippen molar-refractivity contribution in [2.24, 2.45) is 0 Å². The van der Waals surface area contributed by atoms with Crippen molar-refractivity contribution in [2.45, 2.75) is 39.7 Å². The highest BCUT2D eigenvalue weighted by molar-refractivity contribution is 5.23. The number of benzene rings is 1. The Bertz CT molecular complexity index is 294. The van der Waals surface area contributed by atoms with Crippen LogP contribution in [0.15, 0.2) is 24.3 Å². The molecule has 0 saturated heterocycles. The van der Waals surface area contributed by atoms with Gasteiger partial charge in [-0.1, -0.05) is 43.7 Å². The fourth-order valence-electron chi connectivity index (χ4n) is 1.72. The second-order valence-corrected chi connectivity index (χ2v) is 4.47. The van der Waals surface area contributed by atoms with E-state index in [9.17, 15) is 0 Å². The van der Waals surface area contributed by atoms with Gasteiger partial charge in [0, 0.05) is 13.2 Å². The van der Waals surface area contributed by atoms with E-state index in [1.54, 1.807) is 0 Å². The third-order valence-electron chi connectivity index (χ3n) is 2.73. The molecule has 0 spiro atoms. The Morgan fingerprint density at radius 3 is 2.41 bits per heavy atom. The zero-order chi connectivity index (χ0) is 12.5. The normalized spacial score (nSPS) is 12.6. The molecule has 96 valence electrons. The van der Waals surface area contributed by atoms with Crippen molar-refractivity contribution in [2.75, 3.05) is 19.7 Å². The Kier molecular flexibility index (Phi) is 6.90.